The smallest absolute Gasteiger partial charge is 0.234 e. The molecule has 1 amide bonds. The van der Waals surface area contributed by atoms with Gasteiger partial charge in [0, 0.05) is 24.8 Å². The Bertz CT molecular complexity index is 695. The molecule has 1 aromatic heterocycles. The van der Waals surface area contributed by atoms with Crippen LogP contribution in [0.2, 0.25) is 0 Å². The van der Waals surface area contributed by atoms with Crippen LogP contribution in [0, 0.1) is 13.8 Å². The molecule has 0 aliphatic carbocycles. The van der Waals surface area contributed by atoms with Crippen LogP contribution >= 0.6 is 0 Å². The summed E-state index contributed by atoms with van der Waals surface area (Å²) in [7, 11) is -2.96. The van der Waals surface area contributed by atoms with Crippen molar-refractivity contribution in [3.8, 4) is 0 Å². The van der Waals surface area contributed by atoms with Crippen molar-refractivity contribution < 1.29 is 13.2 Å². The Morgan fingerprint density at radius 1 is 1.36 bits per heavy atom. The quantitative estimate of drug-likeness (QED) is 0.818. The summed E-state index contributed by atoms with van der Waals surface area (Å²) >= 11 is 0. The minimum absolute atomic E-state index is 0.0710. The molecule has 2 aliphatic heterocycles. The van der Waals surface area contributed by atoms with Gasteiger partial charge >= 0.3 is 0 Å². The average Bonchev–Trinajstić information content (AvgIpc) is 2.90. The first-order chi connectivity index (χ1) is 10.3. The highest BCUT2D eigenvalue weighted by molar-refractivity contribution is 7.91. The summed E-state index contributed by atoms with van der Waals surface area (Å²) in [6, 6.07) is -0.228. The third-order valence-electron chi connectivity index (χ3n) is 4.51. The van der Waals surface area contributed by atoms with E-state index in [2.05, 4.69) is 26.7 Å². The van der Waals surface area contributed by atoms with Crippen molar-refractivity contribution in [1.82, 2.24) is 19.8 Å². The minimum Gasteiger partial charge on any atom is -0.351 e. The molecule has 0 saturated carbocycles. The van der Waals surface area contributed by atoms with Gasteiger partial charge < -0.3 is 9.88 Å². The van der Waals surface area contributed by atoms with Crippen molar-refractivity contribution in [2.75, 3.05) is 24.6 Å². The molecule has 8 heteroatoms. The van der Waals surface area contributed by atoms with Crippen molar-refractivity contribution >= 4 is 15.7 Å². The van der Waals surface area contributed by atoms with Crippen LogP contribution in [0.25, 0.3) is 0 Å². The Kier molecular flexibility index (Phi) is 3.98. The molecular weight excluding hydrogens is 304 g/mol. The van der Waals surface area contributed by atoms with E-state index in [1.54, 1.807) is 0 Å². The predicted octanol–water partition coefficient (Wildman–Crippen LogP) is -0.381. The molecule has 22 heavy (non-hydrogen) atoms. The second kappa shape index (κ2) is 5.66. The number of carbonyl (C=O) groups is 1. The molecule has 3 rings (SSSR count). The van der Waals surface area contributed by atoms with Crippen LogP contribution in [-0.4, -0.2) is 59.4 Å². The lowest BCUT2D eigenvalue weighted by molar-refractivity contribution is -0.123. The fourth-order valence-electron chi connectivity index (χ4n) is 3.18. The van der Waals surface area contributed by atoms with E-state index in [1.807, 2.05) is 6.92 Å². The van der Waals surface area contributed by atoms with Crippen LogP contribution in [0.4, 0.5) is 0 Å². The van der Waals surface area contributed by atoms with Crippen molar-refractivity contribution in [3.05, 3.63) is 17.2 Å². The zero-order chi connectivity index (χ0) is 15.9. The molecule has 0 radical (unpaired) electrons. The first-order valence-corrected chi connectivity index (χ1v) is 9.41. The number of fused-ring (bicyclic) bond motifs is 1. The number of sulfone groups is 1. The first-order valence-electron chi connectivity index (χ1n) is 7.59. The predicted molar refractivity (Wildman–Crippen MR) is 82.2 cm³/mol. The van der Waals surface area contributed by atoms with Gasteiger partial charge in [0.05, 0.1) is 30.3 Å². The molecule has 1 fully saturated rings. The van der Waals surface area contributed by atoms with Gasteiger partial charge in [-0.15, -0.1) is 0 Å². The molecule has 2 aliphatic rings. The molecule has 1 unspecified atom stereocenters. The number of amides is 1. The molecule has 7 nitrogen and oxygen atoms in total. The summed E-state index contributed by atoms with van der Waals surface area (Å²) in [6.45, 7) is 6.66. The maximum absolute atomic E-state index is 12.1. The summed E-state index contributed by atoms with van der Waals surface area (Å²) in [6.07, 6.45) is 0.525. The summed E-state index contributed by atoms with van der Waals surface area (Å²) < 4.78 is 25.0. The van der Waals surface area contributed by atoms with E-state index in [0.717, 1.165) is 24.6 Å². The second-order valence-corrected chi connectivity index (χ2v) is 8.46. The minimum atomic E-state index is -2.96. The van der Waals surface area contributed by atoms with Crippen LogP contribution in [0.5, 0.6) is 0 Å². The second-order valence-electron chi connectivity index (χ2n) is 6.23. The van der Waals surface area contributed by atoms with Crippen LogP contribution in [0.3, 0.4) is 0 Å². The van der Waals surface area contributed by atoms with Gasteiger partial charge in [-0.2, -0.15) is 0 Å². The topological polar surface area (TPSA) is 84.3 Å². The van der Waals surface area contributed by atoms with Crippen molar-refractivity contribution in [2.24, 2.45) is 0 Å². The largest absolute Gasteiger partial charge is 0.351 e. The zero-order valence-electron chi connectivity index (χ0n) is 13.0. The standard InChI is InChI=1S/C14H22N4O3S/c1-10-11(2)18-5-4-17(7-13(18)15-10)8-14(19)16-12-3-6-22(20,21)9-12/h12H,3-9H2,1-2H3,(H,16,19). The van der Waals surface area contributed by atoms with Gasteiger partial charge in [0.1, 0.15) is 5.82 Å². The lowest BCUT2D eigenvalue weighted by Gasteiger charge is -2.28. The van der Waals surface area contributed by atoms with Gasteiger partial charge in [0.2, 0.25) is 5.91 Å². The number of rotatable bonds is 3. The monoisotopic (exact) mass is 326 g/mol. The number of nitrogens with zero attached hydrogens (tertiary/aromatic N) is 3. The van der Waals surface area contributed by atoms with Crippen LogP contribution in [0.15, 0.2) is 0 Å². The average molecular weight is 326 g/mol. The fraction of sp³-hybridized carbons (Fsp3) is 0.714. The highest BCUT2D eigenvalue weighted by Gasteiger charge is 2.29. The van der Waals surface area contributed by atoms with Gasteiger partial charge in [0.15, 0.2) is 9.84 Å². The van der Waals surface area contributed by atoms with Crippen LogP contribution in [0.1, 0.15) is 23.6 Å². The molecule has 1 aromatic rings. The van der Waals surface area contributed by atoms with Gasteiger partial charge in [-0.05, 0) is 20.3 Å². The summed E-state index contributed by atoms with van der Waals surface area (Å²) in [4.78, 5) is 18.7. The maximum Gasteiger partial charge on any atom is 0.234 e. The maximum atomic E-state index is 12.1. The summed E-state index contributed by atoms with van der Waals surface area (Å²) in [5.41, 5.74) is 2.23. The normalized spacial score (nSPS) is 24.2. The number of hydrogen-bond acceptors (Lipinski definition) is 5. The molecule has 122 valence electrons. The molecule has 1 atom stereocenters. The van der Waals surface area contributed by atoms with Crippen molar-refractivity contribution in [3.63, 3.8) is 0 Å². The molecular formula is C14H22N4O3S. The zero-order valence-corrected chi connectivity index (χ0v) is 13.8. The number of aryl methyl sites for hydroxylation is 1. The van der Waals surface area contributed by atoms with Crippen LogP contribution in [-0.2, 0) is 27.7 Å². The number of hydrogen-bond donors (Lipinski definition) is 1. The molecule has 0 aromatic carbocycles. The fourth-order valence-corrected chi connectivity index (χ4v) is 4.86. The highest BCUT2D eigenvalue weighted by Crippen LogP contribution is 2.17. The van der Waals surface area contributed by atoms with Crippen LogP contribution < -0.4 is 5.32 Å². The lowest BCUT2D eigenvalue weighted by Crippen LogP contribution is -2.44. The molecule has 1 N–H and O–H groups in total. The third kappa shape index (κ3) is 3.17. The first kappa shape index (κ1) is 15.5. The van der Waals surface area contributed by atoms with E-state index in [0.29, 0.717) is 19.5 Å². The van der Waals surface area contributed by atoms with Gasteiger partial charge in [-0.1, -0.05) is 0 Å². The van der Waals surface area contributed by atoms with E-state index in [1.165, 1.54) is 5.69 Å². The lowest BCUT2D eigenvalue weighted by atomic mass is 10.2. The molecule has 0 spiro atoms. The molecule has 0 bridgehead atoms. The van der Waals surface area contributed by atoms with E-state index < -0.39 is 9.84 Å². The van der Waals surface area contributed by atoms with Gasteiger partial charge in [-0.25, -0.2) is 13.4 Å². The van der Waals surface area contributed by atoms with Crippen molar-refractivity contribution in [2.45, 2.75) is 39.4 Å². The van der Waals surface area contributed by atoms with E-state index >= 15 is 0 Å². The van der Waals surface area contributed by atoms with E-state index in [-0.39, 0.29) is 23.5 Å². The Morgan fingerprint density at radius 3 is 2.82 bits per heavy atom. The molecule has 1 saturated heterocycles. The van der Waals surface area contributed by atoms with Gasteiger partial charge in [-0.3, -0.25) is 9.69 Å². The highest BCUT2D eigenvalue weighted by atomic mass is 32.2. The third-order valence-corrected chi connectivity index (χ3v) is 6.27. The van der Waals surface area contributed by atoms with Gasteiger partial charge in [0.25, 0.3) is 0 Å². The Hall–Kier alpha value is -1.41. The summed E-state index contributed by atoms with van der Waals surface area (Å²) in [5.74, 6) is 1.15. The number of imidazole rings is 1. The Balaban J connectivity index is 1.55. The Labute approximate surface area is 130 Å². The number of carbonyl (C=O) groups excluding carboxylic acids is 1. The SMILES string of the molecule is Cc1nc2n(c1C)CCN(CC(=O)NC1CCS(=O)(=O)C1)C2. The molecule has 3 heterocycles. The number of nitrogens with one attached hydrogen (secondary N) is 1. The Morgan fingerprint density at radius 2 is 2.14 bits per heavy atom. The van der Waals surface area contributed by atoms with Crippen molar-refractivity contribution in [1.29, 1.82) is 0 Å². The van der Waals surface area contributed by atoms with E-state index in [9.17, 15) is 13.2 Å². The van der Waals surface area contributed by atoms with E-state index in [4.69, 9.17) is 0 Å². The summed E-state index contributed by atoms with van der Waals surface area (Å²) in [5, 5.41) is 2.84. The number of aromatic nitrogens is 2.